The lowest BCUT2D eigenvalue weighted by Crippen LogP contribution is -2.46. The van der Waals surface area contributed by atoms with E-state index in [1.54, 1.807) is 25.3 Å². The first-order chi connectivity index (χ1) is 7.72. The topological polar surface area (TPSA) is 84.2 Å². The summed E-state index contributed by atoms with van der Waals surface area (Å²) in [6, 6.07) is 0. The highest BCUT2D eigenvalue weighted by Crippen LogP contribution is 2.12. The SMILES string of the molecule is CCn1cc(S(=O)(=O)NC(C)(C)CO)nc1C. The molecule has 0 bridgehead atoms. The van der Waals surface area contributed by atoms with Crippen LogP contribution in [-0.4, -0.2) is 35.2 Å². The average molecular weight is 261 g/mol. The monoisotopic (exact) mass is 261 g/mol. The van der Waals surface area contributed by atoms with E-state index in [1.165, 1.54) is 6.20 Å². The molecule has 0 aromatic carbocycles. The van der Waals surface area contributed by atoms with Crippen LogP contribution in [0.3, 0.4) is 0 Å². The van der Waals surface area contributed by atoms with E-state index in [0.29, 0.717) is 12.4 Å². The number of hydrogen-bond acceptors (Lipinski definition) is 4. The van der Waals surface area contributed by atoms with Gasteiger partial charge >= 0.3 is 0 Å². The standard InChI is InChI=1S/C10H19N3O3S/c1-5-13-6-9(11-8(13)2)17(15,16)12-10(3,4)7-14/h6,12,14H,5,7H2,1-4H3. The normalized spacial score (nSPS) is 13.0. The number of aliphatic hydroxyl groups excluding tert-OH is 1. The van der Waals surface area contributed by atoms with Gasteiger partial charge in [-0.2, -0.15) is 0 Å². The van der Waals surface area contributed by atoms with Crippen LogP contribution in [0.1, 0.15) is 26.6 Å². The second kappa shape index (κ2) is 4.75. The number of rotatable bonds is 5. The zero-order chi connectivity index (χ0) is 13.3. The van der Waals surface area contributed by atoms with Crippen molar-refractivity contribution in [2.24, 2.45) is 0 Å². The van der Waals surface area contributed by atoms with E-state index in [2.05, 4.69) is 9.71 Å². The van der Waals surface area contributed by atoms with Gasteiger partial charge in [-0.15, -0.1) is 0 Å². The lowest BCUT2D eigenvalue weighted by atomic mass is 10.1. The highest BCUT2D eigenvalue weighted by atomic mass is 32.2. The molecular formula is C10H19N3O3S. The number of hydrogen-bond donors (Lipinski definition) is 2. The number of nitrogens with zero attached hydrogens (tertiary/aromatic N) is 2. The molecule has 7 heteroatoms. The minimum Gasteiger partial charge on any atom is -0.394 e. The molecule has 1 aromatic rings. The molecule has 0 fully saturated rings. The zero-order valence-electron chi connectivity index (χ0n) is 10.6. The average Bonchev–Trinajstić information content (AvgIpc) is 2.59. The largest absolute Gasteiger partial charge is 0.394 e. The van der Waals surface area contributed by atoms with Crippen molar-refractivity contribution in [1.29, 1.82) is 0 Å². The van der Waals surface area contributed by atoms with Gasteiger partial charge in [-0.3, -0.25) is 0 Å². The van der Waals surface area contributed by atoms with E-state index < -0.39 is 15.6 Å². The summed E-state index contributed by atoms with van der Waals surface area (Å²) in [6.45, 7) is 7.26. The van der Waals surface area contributed by atoms with Crippen LogP contribution in [0.15, 0.2) is 11.2 Å². The zero-order valence-corrected chi connectivity index (χ0v) is 11.4. The van der Waals surface area contributed by atoms with Crippen LogP contribution in [0.5, 0.6) is 0 Å². The van der Waals surface area contributed by atoms with Gasteiger partial charge in [0.25, 0.3) is 10.0 Å². The van der Waals surface area contributed by atoms with Gasteiger partial charge in [0.2, 0.25) is 0 Å². The summed E-state index contributed by atoms with van der Waals surface area (Å²) in [4.78, 5) is 4.00. The van der Waals surface area contributed by atoms with Crippen LogP contribution < -0.4 is 4.72 Å². The number of aryl methyl sites for hydroxylation is 2. The number of sulfonamides is 1. The minimum atomic E-state index is -3.68. The van der Waals surface area contributed by atoms with Crippen LogP contribution in [0.2, 0.25) is 0 Å². The number of aromatic nitrogens is 2. The Bertz CT molecular complexity index is 491. The van der Waals surface area contributed by atoms with Crippen molar-refractivity contribution >= 4 is 10.0 Å². The molecule has 0 amide bonds. The van der Waals surface area contributed by atoms with Gasteiger partial charge < -0.3 is 9.67 Å². The van der Waals surface area contributed by atoms with Crippen molar-refractivity contribution in [3.63, 3.8) is 0 Å². The van der Waals surface area contributed by atoms with Crippen molar-refractivity contribution in [1.82, 2.24) is 14.3 Å². The molecule has 0 aliphatic rings. The fraction of sp³-hybridized carbons (Fsp3) is 0.700. The van der Waals surface area contributed by atoms with Crippen LogP contribution in [0.4, 0.5) is 0 Å². The lowest BCUT2D eigenvalue weighted by Gasteiger charge is -2.22. The summed E-state index contributed by atoms with van der Waals surface area (Å²) < 4.78 is 28.1. The number of aliphatic hydroxyl groups is 1. The molecule has 0 aliphatic carbocycles. The summed E-state index contributed by atoms with van der Waals surface area (Å²) in [5.74, 6) is 0.648. The van der Waals surface area contributed by atoms with Crippen LogP contribution >= 0.6 is 0 Å². The fourth-order valence-electron chi connectivity index (χ4n) is 1.38. The number of nitrogens with one attached hydrogen (secondary N) is 1. The molecule has 0 spiro atoms. The van der Waals surface area contributed by atoms with Gasteiger partial charge in [0.15, 0.2) is 5.03 Å². The van der Waals surface area contributed by atoms with Gasteiger partial charge in [0, 0.05) is 12.7 Å². The maximum Gasteiger partial charge on any atom is 0.260 e. The van der Waals surface area contributed by atoms with Crippen molar-refractivity contribution in [2.75, 3.05) is 6.61 Å². The van der Waals surface area contributed by atoms with Crippen molar-refractivity contribution < 1.29 is 13.5 Å². The second-order valence-electron chi connectivity index (χ2n) is 4.56. The summed E-state index contributed by atoms with van der Waals surface area (Å²) in [7, 11) is -3.68. The first-order valence-corrected chi connectivity index (χ1v) is 6.89. The van der Waals surface area contributed by atoms with Crippen LogP contribution in [-0.2, 0) is 16.6 Å². The summed E-state index contributed by atoms with van der Waals surface area (Å²) >= 11 is 0. The van der Waals surface area contributed by atoms with E-state index in [0.717, 1.165) is 0 Å². The minimum absolute atomic E-state index is 0.0154. The Morgan fingerprint density at radius 2 is 2.12 bits per heavy atom. The smallest absolute Gasteiger partial charge is 0.260 e. The third-order valence-electron chi connectivity index (χ3n) is 2.38. The third-order valence-corrected chi connectivity index (χ3v) is 3.94. The van der Waals surface area contributed by atoms with Gasteiger partial charge in [-0.25, -0.2) is 18.1 Å². The maximum atomic E-state index is 12.0. The Hall–Kier alpha value is -0.920. The molecule has 0 saturated carbocycles. The summed E-state index contributed by atoms with van der Waals surface area (Å²) in [6.07, 6.45) is 1.49. The maximum absolute atomic E-state index is 12.0. The Morgan fingerprint density at radius 3 is 2.53 bits per heavy atom. The fourth-order valence-corrected chi connectivity index (χ4v) is 2.79. The van der Waals surface area contributed by atoms with Crippen molar-refractivity contribution in [2.45, 2.75) is 44.8 Å². The van der Waals surface area contributed by atoms with Crippen LogP contribution in [0, 0.1) is 6.92 Å². The number of imidazole rings is 1. The first kappa shape index (κ1) is 14.1. The Morgan fingerprint density at radius 1 is 1.53 bits per heavy atom. The summed E-state index contributed by atoms with van der Waals surface area (Å²) in [5, 5.41) is 9.04. The molecule has 0 atom stereocenters. The lowest BCUT2D eigenvalue weighted by molar-refractivity contribution is 0.208. The van der Waals surface area contributed by atoms with Gasteiger partial charge in [-0.05, 0) is 27.7 Å². The highest BCUT2D eigenvalue weighted by Gasteiger charge is 2.27. The van der Waals surface area contributed by atoms with E-state index in [-0.39, 0.29) is 11.6 Å². The van der Waals surface area contributed by atoms with Gasteiger partial charge in [-0.1, -0.05) is 0 Å². The molecule has 0 radical (unpaired) electrons. The van der Waals surface area contributed by atoms with Gasteiger partial charge in [0.1, 0.15) is 5.82 Å². The van der Waals surface area contributed by atoms with Gasteiger partial charge in [0.05, 0.1) is 12.1 Å². The molecule has 1 heterocycles. The quantitative estimate of drug-likeness (QED) is 0.796. The highest BCUT2D eigenvalue weighted by molar-refractivity contribution is 7.89. The first-order valence-electron chi connectivity index (χ1n) is 5.40. The van der Waals surface area contributed by atoms with E-state index in [9.17, 15) is 8.42 Å². The van der Waals surface area contributed by atoms with Crippen molar-refractivity contribution in [3.8, 4) is 0 Å². The van der Waals surface area contributed by atoms with E-state index in [4.69, 9.17) is 5.11 Å². The Balaban J connectivity index is 3.05. The third kappa shape index (κ3) is 3.27. The molecule has 0 aliphatic heterocycles. The molecular weight excluding hydrogens is 242 g/mol. The molecule has 1 aromatic heterocycles. The molecule has 2 N–H and O–H groups in total. The molecule has 17 heavy (non-hydrogen) atoms. The van der Waals surface area contributed by atoms with E-state index in [1.807, 2.05) is 6.92 Å². The van der Waals surface area contributed by atoms with Crippen molar-refractivity contribution in [3.05, 3.63) is 12.0 Å². The molecule has 0 unspecified atom stereocenters. The second-order valence-corrected chi connectivity index (χ2v) is 6.19. The molecule has 6 nitrogen and oxygen atoms in total. The van der Waals surface area contributed by atoms with Crippen LogP contribution in [0.25, 0.3) is 0 Å². The Kier molecular flexibility index (Phi) is 3.95. The predicted molar refractivity (Wildman–Crippen MR) is 64.1 cm³/mol. The molecule has 98 valence electrons. The van der Waals surface area contributed by atoms with E-state index >= 15 is 0 Å². The molecule has 1 rings (SSSR count). The predicted octanol–water partition coefficient (Wildman–Crippen LogP) is 0.261. The summed E-state index contributed by atoms with van der Waals surface area (Å²) in [5.41, 5.74) is -0.900. The molecule has 0 saturated heterocycles. The Labute approximate surface area is 102 Å².